The maximum absolute atomic E-state index is 3.65. The summed E-state index contributed by atoms with van der Waals surface area (Å²) < 4.78 is 3.25. The van der Waals surface area contributed by atoms with Crippen LogP contribution in [-0.2, 0) is 0 Å². The minimum atomic E-state index is 1.11. The van der Waals surface area contributed by atoms with Crippen molar-refractivity contribution < 1.29 is 0 Å². The molecule has 0 bridgehead atoms. The third-order valence-electron chi connectivity index (χ3n) is 2.70. The smallest absolute Gasteiger partial charge is 0.0971 e. The molecular formula is C14H10BrN. The number of nitrogens with zero attached hydrogens (tertiary/aromatic N) is 1. The van der Waals surface area contributed by atoms with Gasteiger partial charge in [0.05, 0.1) is 4.60 Å². The molecular weight excluding hydrogens is 262 g/mol. The fraction of sp³-hybridized carbons (Fsp3) is 0. The molecule has 0 radical (unpaired) electrons. The molecule has 1 aromatic carbocycles. The standard InChI is InChI=1S/C14H10BrN/c15-14-13(11-6-2-1-3-7-11)10-12-8-4-5-9-16(12)14/h1-10H. The van der Waals surface area contributed by atoms with Gasteiger partial charge in [0.25, 0.3) is 0 Å². The Kier molecular flexibility index (Phi) is 2.29. The van der Waals surface area contributed by atoms with Gasteiger partial charge < -0.3 is 4.40 Å². The quantitative estimate of drug-likeness (QED) is 0.619. The lowest BCUT2D eigenvalue weighted by atomic mass is 10.1. The van der Waals surface area contributed by atoms with E-state index in [2.05, 4.69) is 69.0 Å². The lowest BCUT2D eigenvalue weighted by Crippen LogP contribution is -1.81. The van der Waals surface area contributed by atoms with E-state index < -0.39 is 0 Å². The minimum Gasteiger partial charge on any atom is -0.311 e. The van der Waals surface area contributed by atoms with Crippen LogP contribution >= 0.6 is 15.9 Å². The molecule has 2 aromatic heterocycles. The van der Waals surface area contributed by atoms with E-state index in [0.29, 0.717) is 0 Å². The molecule has 0 saturated heterocycles. The molecule has 0 saturated carbocycles. The topological polar surface area (TPSA) is 4.41 Å². The predicted molar refractivity (Wildman–Crippen MR) is 70.5 cm³/mol. The fourth-order valence-electron chi connectivity index (χ4n) is 1.91. The van der Waals surface area contributed by atoms with Gasteiger partial charge in [-0.25, -0.2) is 0 Å². The van der Waals surface area contributed by atoms with Gasteiger partial charge in [-0.15, -0.1) is 0 Å². The summed E-state index contributed by atoms with van der Waals surface area (Å²) in [5.74, 6) is 0. The Morgan fingerprint density at radius 1 is 0.875 bits per heavy atom. The summed E-state index contributed by atoms with van der Waals surface area (Å²) in [6, 6.07) is 18.8. The van der Waals surface area contributed by atoms with Gasteiger partial charge in [-0.1, -0.05) is 36.4 Å². The molecule has 0 aliphatic heterocycles. The van der Waals surface area contributed by atoms with Crippen LogP contribution in [0, 0.1) is 0 Å². The van der Waals surface area contributed by atoms with Crippen LogP contribution in [0.3, 0.4) is 0 Å². The summed E-state index contributed by atoms with van der Waals surface area (Å²) in [5, 5.41) is 0. The van der Waals surface area contributed by atoms with Gasteiger partial charge in [-0.2, -0.15) is 0 Å². The molecule has 1 nitrogen and oxygen atoms in total. The van der Waals surface area contributed by atoms with E-state index in [1.807, 2.05) is 12.1 Å². The average Bonchev–Trinajstić information content (AvgIpc) is 2.69. The van der Waals surface area contributed by atoms with E-state index in [0.717, 1.165) is 4.60 Å². The Hall–Kier alpha value is -1.54. The molecule has 3 aromatic rings. The zero-order valence-electron chi connectivity index (χ0n) is 8.60. The van der Waals surface area contributed by atoms with Crippen molar-refractivity contribution in [2.45, 2.75) is 0 Å². The second-order valence-corrected chi connectivity index (χ2v) is 4.46. The van der Waals surface area contributed by atoms with Crippen LogP contribution in [0.15, 0.2) is 65.4 Å². The summed E-state index contributed by atoms with van der Waals surface area (Å²) in [4.78, 5) is 0. The molecule has 0 spiro atoms. The number of pyridine rings is 1. The highest BCUT2D eigenvalue weighted by Crippen LogP contribution is 2.31. The largest absolute Gasteiger partial charge is 0.311 e. The van der Waals surface area contributed by atoms with Crippen molar-refractivity contribution >= 4 is 21.4 Å². The van der Waals surface area contributed by atoms with Crippen LogP contribution in [0.1, 0.15) is 0 Å². The molecule has 3 rings (SSSR count). The number of hydrogen-bond donors (Lipinski definition) is 0. The van der Waals surface area contributed by atoms with Crippen LogP contribution < -0.4 is 0 Å². The third-order valence-corrected chi connectivity index (χ3v) is 3.51. The van der Waals surface area contributed by atoms with Gasteiger partial charge in [-0.3, -0.25) is 0 Å². The average molecular weight is 272 g/mol. The first-order valence-electron chi connectivity index (χ1n) is 5.17. The first-order valence-corrected chi connectivity index (χ1v) is 5.96. The van der Waals surface area contributed by atoms with Crippen molar-refractivity contribution in [1.82, 2.24) is 4.40 Å². The van der Waals surface area contributed by atoms with Crippen LogP contribution in [0.25, 0.3) is 16.6 Å². The molecule has 0 N–H and O–H groups in total. The highest BCUT2D eigenvalue weighted by Gasteiger charge is 2.08. The van der Waals surface area contributed by atoms with Gasteiger partial charge in [0.1, 0.15) is 0 Å². The van der Waals surface area contributed by atoms with E-state index >= 15 is 0 Å². The summed E-state index contributed by atoms with van der Waals surface area (Å²) in [6.07, 6.45) is 2.06. The van der Waals surface area contributed by atoms with Crippen molar-refractivity contribution in [3.8, 4) is 11.1 Å². The van der Waals surface area contributed by atoms with Crippen molar-refractivity contribution in [1.29, 1.82) is 0 Å². The van der Waals surface area contributed by atoms with Crippen LogP contribution in [-0.4, -0.2) is 4.40 Å². The van der Waals surface area contributed by atoms with Crippen molar-refractivity contribution in [2.75, 3.05) is 0 Å². The maximum Gasteiger partial charge on any atom is 0.0971 e. The highest BCUT2D eigenvalue weighted by molar-refractivity contribution is 9.10. The maximum atomic E-state index is 3.65. The monoisotopic (exact) mass is 271 g/mol. The Labute approximate surface area is 102 Å². The fourth-order valence-corrected chi connectivity index (χ4v) is 2.58. The molecule has 0 fully saturated rings. The van der Waals surface area contributed by atoms with Gasteiger partial charge in [0, 0.05) is 17.3 Å². The Morgan fingerprint density at radius 3 is 2.38 bits per heavy atom. The Balaban J connectivity index is 2.29. The van der Waals surface area contributed by atoms with Crippen LogP contribution in [0.4, 0.5) is 0 Å². The van der Waals surface area contributed by atoms with Gasteiger partial charge in [-0.05, 0) is 39.7 Å². The van der Waals surface area contributed by atoms with E-state index in [9.17, 15) is 0 Å². The van der Waals surface area contributed by atoms with E-state index in [1.165, 1.54) is 16.6 Å². The minimum absolute atomic E-state index is 1.11. The molecule has 0 atom stereocenters. The van der Waals surface area contributed by atoms with E-state index in [-0.39, 0.29) is 0 Å². The summed E-state index contributed by atoms with van der Waals surface area (Å²) in [5.41, 5.74) is 3.66. The second-order valence-electron chi connectivity index (χ2n) is 3.71. The van der Waals surface area contributed by atoms with Gasteiger partial charge >= 0.3 is 0 Å². The number of halogens is 1. The molecule has 0 aliphatic carbocycles. The molecule has 0 unspecified atom stereocenters. The molecule has 0 amide bonds. The Morgan fingerprint density at radius 2 is 1.62 bits per heavy atom. The predicted octanol–water partition coefficient (Wildman–Crippen LogP) is 4.37. The zero-order chi connectivity index (χ0) is 11.0. The molecule has 2 heterocycles. The lowest BCUT2D eigenvalue weighted by molar-refractivity contribution is 1.16. The molecule has 2 heteroatoms. The molecule has 16 heavy (non-hydrogen) atoms. The normalized spacial score (nSPS) is 10.8. The highest BCUT2D eigenvalue weighted by atomic mass is 79.9. The third kappa shape index (κ3) is 1.46. The summed E-state index contributed by atoms with van der Waals surface area (Å²) in [7, 11) is 0. The second kappa shape index (κ2) is 3.80. The molecule has 78 valence electrons. The number of benzene rings is 1. The van der Waals surface area contributed by atoms with Gasteiger partial charge in [0.2, 0.25) is 0 Å². The SMILES string of the molecule is Brc1c(-c2ccccc2)cc2ccccn12. The van der Waals surface area contributed by atoms with E-state index in [1.54, 1.807) is 0 Å². The first-order chi connectivity index (χ1) is 7.86. The number of fused-ring (bicyclic) bond motifs is 1. The van der Waals surface area contributed by atoms with Crippen molar-refractivity contribution in [2.24, 2.45) is 0 Å². The Bertz CT molecular complexity index is 626. The van der Waals surface area contributed by atoms with E-state index in [4.69, 9.17) is 0 Å². The first kappa shape index (κ1) is 9.67. The summed E-state index contributed by atoms with van der Waals surface area (Å²) >= 11 is 3.65. The van der Waals surface area contributed by atoms with Crippen molar-refractivity contribution in [3.63, 3.8) is 0 Å². The summed E-state index contributed by atoms with van der Waals surface area (Å²) in [6.45, 7) is 0. The van der Waals surface area contributed by atoms with Gasteiger partial charge in [0.15, 0.2) is 0 Å². The number of aromatic nitrogens is 1. The molecule has 0 aliphatic rings. The number of hydrogen-bond acceptors (Lipinski definition) is 0. The van der Waals surface area contributed by atoms with Crippen LogP contribution in [0.5, 0.6) is 0 Å². The van der Waals surface area contributed by atoms with Crippen LogP contribution in [0.2, 0.25) is 0 Å². The van der Waals surface area contributed by atoms with Crippen molar-refractivity contribution in [3.05, 3.63) is 65.4 Å². The number of rotatable bonds is 1. The lowest BCUT2D eigenvalue weighted by Gasteiger charge is -1.99. The zero-order valence-corrected chi connectivity index (χ0v) is 10.2.